The Labute approximate surface area is 92.9 Å². The van der Waals surface area contributed by atoms with Crippen LogP contribution in [-0.4, -0.2) is 6.61 Å². The second-order valence-electron chi connectivity index (χ2n) is 3.13. The lowest BCUT2D eigenvalue weighted by molar-refractivity contribution is 0.355. The molecule has 0 aliphatic rings. The minimum atomic E-state index is -0.0187. The SMILES string of the molecule is C=C(Br)COc1ccccc1[C@H](C)N. The monoisotopic (exact) mass is 255 g/mol. The third-order valence-electron chi connectivity index (χ3n) is 1.79. The van der Waals surface area contributed by atoms with E-state index in [-0.39, 0.29) is 6.04 Å². The van der Waals surface area contributed by atoms with E-state index in [4.69, 9.17) is 10.5 Å². The minimum Gasteiger partial charge on any atom is -0.488 e. The smallest absolute Gasteiger partial charge is 0.124 e. The number of hydrogen-bond donors (Lipinski definition) is 1. The van der Waals surface area contributed by atoms with Crippen LogP contribution in [0.4, 0.5) is 0 Å². The van der Waals surface area contributed by atoms with Crippen LogP contribution in [0.25, 0.3) is 0 Å². The van der Waals surface area contributed by atoms with Gasteiger partial charge in [-0.1, -0.05) is 40.7 Å². The largest absolute Gasteiger partial charge is 0.488 e. The predicted molar refractivity (Wildman–Crippen MR) is 62.6 cm³/mol. The van der Waals surface area contributed by atoms with Gasteiger partial charge in [0.2, 0.25) is 0 Å². The van der Waals surface area contributed by atoms with Crippen LogP contribution < -0.4 is 10.5 Å². The molecule has 1 aromatic carbocycles. The third-order valence-corrected chi connectivity index (χ3v) is 2.02. The highest BCUT2D eigenvalue weighted by atomic mass is 79.9. The number of para-hydroxylation sites is 1. The molecule has 0 saturated carbocycles. The van der Waals surface area contributed by atoms with Crippen LogP contribution in [0.2, 0.25) is 0 Å². The molecule has 0 heterocycles. The Morgan fingerprint density at radius 1 is 1.57 bits per heavy atom. The number of ether oxygens (including phenoxy) is 1. The highest BCUT2D eigenvalue weighted by Gasteiger charge is 2.06. The summed E-state index contributed by atoms with van der Waals surface area (Å²) in [6, 6.07) is 7.74. The van der Waals surface area contributed by atoms with Crippen molar-refractivity contribution in [2.24, 2.45) is 5.73 Å². The van der Waals surface area contributed by atoms with Gasteiger partial charge < -0.3 is 10.5 Å². The maximum atomic E-state index is 5.81. The lowest BCUT2D eigenvalue weighted by Gasteiger charge is -2.13. The Bertz CT molecular complexity index is 323. The van der Waals surface area contributed by atoms with Crippen molar-refractivity contribution in [3.8, 4) is 5.75 Å². The summed E-state index contributed by atoms with van der Waals surface area (Å²) in [7, 11) is 0. The summed E-state index contributed by atoms with van der Waals surface area (Å²) in [5.41, 5.74) is 6.82. The highest BCUT2D eigenvalue weighted by Crippen LogP contribution is 2.23. The molecule has 1 atom stereocenters. The van der Waals surface area contributed by atoms with Gasteiger partial charge in [0, 0.05) is 16.1 Å². The Hall–Kier alpha value is -0.800. The summed E-state index contributed by atoms with van der Waals surface area (Å²) in [5.74, 6) is 0.822. The molecule has 0 unspecified atom stereocenters. The van der Waals surface area contributed by atoms with Crippen molar-refractivity contribution in [3.63, 3.8) is 0 Å². The van der Waals surface area contributed by atoms with Crippen molar-refractivity contribution in [2.45, 2.75) is 13.0 Å². The van der Waals surface area contributed by atoms with Crippen molar-refractivity contribution in [3.05, 3.63) is 40.9 Å². The lowest BCUT2D eigenvalue weighted by atomic mass is 10.1. The van der Waals surface area contributed by atoms with Crippen LogP contribution in [0.5, 0.6) is 5.75 Å². The Balaban J connectivity index is 2.79. The van der Waals surface area contributed by atoms with E-state index in [0.29, 0.717) is 6.61 Å². The molecule has 14 heavy (non-hydrogen) atoms. The molecule has 0 saturated heterocycles. The van der Waals surface area contributed by atoms with Gasteiger partial charge in [-0.15, -0.1) is 0 Å². The minimum absolute atomic E-state index is 0.0187. The summed E-state index contributed by atoms with van der Waals surface area (Å²) < 4.78 is 6.35. The molecular formula is C11H14BrNO. The van der Waals surface area contributed by atoms with Gasteiger partial charge in [0.05, 0.1) is 0 Å². The standard InChI is InChI=1S/C11H14BrNO/c1-8(12)7-14-11-6-4-3-5-10(11)9(2)13/h3-6,9H,1,7,13H2,2H3/t9-/m0/s1. The predicted octanol–water partition coefficient (Wildman–Crippen LogP) is 2.99. The van der Waals surface area contributed by atoms with E-state index < -0.39 is 0 Å². The molecular weight excluding hydrogens is 242 g/mol. The number of benzene rings is 1. The van der Waals surface area contributed by atoms with Gasteiger partial charge in [-0.05, 0) is 13.0 Å². The molecule has 0 radical (unpaired) electrons. The molecule has 0 spiro atoms. The molecule has 0 bridgehead atoms. The summed E-state index contributed by atoms with van der Waals surface area (Å²) in [6.45, 7) is 6.10. The zero-order valence-electron chi connectivity index (χ0n) is 8.16. The molecule has 2 N–H and O–H groups in total. The van der Waals surface area contributed by atoms with E-state index in [9.17, 15) is 0 Å². The third kappa shape index (κ3) is 3.16. The summed E-state index contributed by atoms with van der Waals surface area (Å²) in [5, 5.41) is 0. The number of halogens is 1. The van der Waals surface area contributed by atoms with Crippen molar-refractivity contribution >= 4 is 15.9 Å². The Morgan fingerprint density at radius 3 is 2.79 bits per heavy atom. The van der Waals surface area contributed by atoms with E-state index in [1.165, 1.54) is 0 Å². The first-order chi connectivity index (χ1) is 6.61. The first kappa shape index (κ1) is 11.3. The maximum Gasteiger partial charge on any atom is 0.124 e. The van der Waals surface area contributed by atoms with Crippen LogP contribution in [0.15, 0.2) is 35.3 Å². The van der Waals surface area contributed by atoms with Gasteiger partial charge in [0.15, 0.2) is 0 Å². The number of hydrogen-bond acceptors (Lipinski definition) is 2. The first-order valence-electron chi connectivity index (χ1n) is 4.42. The van der Waals surface area contributed by atoms with Crippen LogP contribution in [0, 0.1) is 0 Å². The molecule has 76 valence electrons. The molecule has 0 aromatic heterocycles. The van der Waals surface area contributed by atoms with Crippen LogP contribution >= 0.6 is 15.9 Å². The molecule has 0 fully saturated rings. The van der Waals surface area contributed by atoms with E-state index in [2.05, 4.69) is 22.5 Å². The fourth-order valence-corrected chi connectivity index (χ4v) is 1.26. The molecule has 3 heteroatoms. The average Bonchev–Trinajstić information content (AvgIpc) is 2.15. The second kappa shape index (κ2) is 5.17. The normalized spacial score (nSPS) is 12.2. The number of nitrogens with two attached hydrogens (primary N) is 1. The van der Waals surface area contributed by atoms with Crippen LogP contribution in [0.1, 0.15) is 18.5 Å². The van der Waals surface area contributed by atoms with Gasteiger partial charge in [0.25, 0.3) is 0 Å². The molecule has 0 aliphatic heterocycles. The van der Waals surface area contributed by atoms with E-state index in [0.717, 1.165) is 15.8 Å². The van der Waals surface area contributed by atoms with Crippen molar-refractivity contribution in [1.82, 2.24) is 0 Å². The van der Waals surface area contributed by atoms with Gasteiger partial charge in [-0.3, -0.25) is 0 Å². The summed E-state index contributed by atoms with van der Waals surface area (Å²) in [6.07, 6.45) is 0. The van der Waals surface area contributed by atoms with Gasteiger partial charge in [0.1, 0.15) is 12.4 Å². The second-order valence-corrected chi connectivity index (χ2v) is 4.25. The van der Waals surface area contributed by atoms with Crippen molar-refractivity contribution in [1.29, 1.82) is 0 Å². The Kier molecular flexibility index (Phi) is 4.17. The van der Waals surface area contributed by atoms with Crippen molar-refractivity contribution < 1.29 is 4.74 Å². The molecule has 1 rings (SSSR count). The summed E-state index contributed by atoms with van der Waals surface area (Å²) >= 11 is 3.24. The number of rotatable bonds is 4. The zero-order valence-corrected chi connectivity index (χ0v) is 9.75. The van der Waals surface area contributed by atoms with Gasteiger partial charge in [-0.2, -0.15) is 0 Å². The maximum absolute atomic E-state index is 5.81. The zero-order chi connectivity index (χ0) is 10.6. The molecule has 0 aliphatic carbocycles. The van der Waals surface area contributed by atoms with E-state index in [1.807, 2.05) is 31.2 Å². The molecule has 0 amide bonds. The highest BCUT2D eigenvalue weighted by molar-refractivity contribution is 9.11. The molecule has 1 aromatic rings. The average molecular weight is 256 g/mol. The lowest BCUT2D eigenvalue weighted by Crippen LogP contribution is -2.08. The quantitative estimate of drug-likeness (QED) is 0.898. The Morgan fingerprint density at radius 2 is 2.21 bits per heavy atom. The van der Waals surface area contributed by atoms with E-state index >= 15 is 0 Å². The van der Waals surface area contributed by atoms with Crippen molar-refractivity contribution in [2.75, 3.05) is 6.61 Å². The van der Waals surface area contributed by atoms with E-state index in [1.54, 1.807) is 0 Å². The summed E-state index contributed by atoms with van der Waals surface area (Å²) in [4.78, 5) is 0. The fourth-order valence-electron chi connectivity index (χ4n) is 1.14. The van der Waals surface area contributed by atoms with Crippen LogP contribution in [0.3, 0.4) is 0 Å². The molecule has 2 nitrogen and oxygen atoms in total. The van der Waals surface area contributed by atoms with Gasteiger partial charge >= 0.3 is 0 Å². The van der Waals surface area contributed by atoms with Gasteiger partial charge in [-0.25, -0.2) is 0 Å². The first-order valence-corrected chi connectivity index (χ1v) is 5.21. The fraction of sp³-hybridized carbons (Fsp3) is 0.273. The topological polar surface area (TPSA) is 35.2 Å². The van der Waals surface area contributed by atoms with Crippen LogP contribution in [-0.2, 0) is 0 Å².